The fourth-order valence-electron chi connectivity index (χ4n) is 1.25. The Morgan fingerprint density at radius 1 is 1.64 bits per heavy atom. The Balaban J connectivity index is 2.36. The van der Waals surface area contributed by atoms with Crippen LogP contribution in [0.5, 0.6) is 0 Å². The first kappa shape index (κ1) is 8.23. The topological polar surface area (TPSA) is 49.3 Å². The van der Waals surface area contributed by atoms with E-state index in [0.29, 0.717) is 0 Å². The van der Waals surface area contributed by atoms with Gasteiger partial charge < -0.3 is 10.4 Å². The molecule has 2 N–H and O–H groups in total. The van der Waals surface area contributed by atoms with Gasteiger partial charge >= 0.3 is 6.09 Å². The third kappa shape index (κ3) is 2.32. The Labute approximate surface area is 62.4 Å². The lowest BCUT2D eigenvalue weighted by Crippen LogP contribution is -2.32. The molecule has 1 fully saturated rings. The molecule has 1 aliphatic rings. The van der Waals surface area contributed by atoms with Crippen LogP contribution in [0.2, 0.25) is 0 Å². The van der Waals surface area contributed by atoms with E-state index in [4.69, 9.17) is 5.11 Å². The molecule has 0 radical (unpaired) electrons. The first-order valence-electron chi connectivity index (χ1n) is 3.37. The van der Waals surface area contributed by atoms with Crippen molar-refractivity contribution in [3.8, 4) is 0 Å². The summed E-state index contributed by atoms with van der Waals surface area (Å²) in [5.74, 6) is -2.67. The second-order valence-electron chi connectivity index (χ2n) is 2.75. The quantitative estimate of drug-likeness (QED) is 0.617. The lowest BCUT2D eigenvalue weighted by molar-refractivity contribution is 0.00715. The molecule has 0 aromatic carbocycles. The summed E-state index contributed by atoms with van der Waals surface area (Å²) in [7, 11) is 0. The van der Waals surface area contributed by atoms with Crippen LogP contribution in [0, 0.1) is 0 Å². The first-order chi connectivity index (χ1) is 4.99. The van der Waals surface area contributed by atoms with Gasteiger partial charge in [-0.2, -0.15) is 0 Å². The van der Waals surface area contributed by atoms with Crippen molar-refractivity contribution in [3.63, 3.8) is 0 Å². The number of hydrogen-bond acceptors (Lipinski definition) is 1. The Bertz CT molecular complexity index is 172. The van der Waals surface area contributed by atoms with Crippen LogP contribution in [-0.4, -0.2) is 23.2 Å². The monoisotopic (exact) mass is 165 g/mol. The number of alkyl halides is 2. The van der Waals surface area contributed by atoms with Crippen LogP contribution in [0.4, 0.5) is 13.6 Å². The van der Waals surface area contributed by atoms with Gasteiger partial charge in [0.15, 0.2) is 0 Å². The van der Waals surface area contributed by atoms with E-state index in [1.165, 1.54) is 0 Å². The molecule has 1 rings (SSSR count). The smallest absolute Gasteiger partial charge is 0.404 e. The molecule has 5 heteroatoms. The van der Waals surface area contributed by atoms with E-state index in [9.17, 15) is 13.6 Å². The summed E-state index contributed by atoms with van der Waals surface area (Å²) in [4.78, 5) is 10.0. The van der Waals surface area contributed by atoms with Crippen LogP contribution in [0.3, 0.4) is 0 Å². The molecule has 11 heavy (non-hydrogen) atoms. The van der Waals surface area contributed by atoms with Crippen molar-refractivity contribution in [2.75, 3.05) is 0 Å². The molecule has 0 bridgehead atoms. The SMILES string of the molecule is O=C(O)NC1CCC(F)(F)C1. The van der Waals surface area contributed by atoms with E-state index in [0.717, 1.165) is 0 Å². The van der Waals surface area contributed by atoms with Gasteiger partial charge in [-0.25, -0.2) is 13.6 Å². The van der Waals surface area contributed by atoms with Crippen LogP contribution < -0.4 is 5.32 Å². The highest BCUT2D eigenvalue weighted by Crippen LogP contribution is 2.34. The maximum atomic E-state index is 12.4. The van der Waals surface area contributed by atoms with E-state index < -0.39 is 18.1 Å². The summed E-state index contributed by atoms with van der Waals surface area (Å²) in [5.41, 5.74) is 0. The lowest BCUT2D eigenvalue weighted by Gasteiger charge is -2.09. The van der Waals surface area contributed by atoms with Gasteiger partial charge in [-0.3, -0.25) is 0 Å². The predicted octanol–water partition coefficient (Wildman–Crippen LogP) is 1.44. The summed E-state index contributed by atoms with van der Waals surface area (Å²) in [6.45, 7) is 0. The number of carbonyl (C=O) groups is 1. The Kier molecular flexibility index (Phi) is 1.97. The normalized spacial score (nSPS) is 28.4. The zero-order chi connectivity index (χ0) is 8.48. The fraction of sp³-hybridized carbons (Fsp3) is 0.833. The number of hydrogen-bond donors (Lipinski definition) is 2. The van der Waals surface area contributed by atoms with Crippen LogP contribution in [0.25, 0.3) is 0 Å². The van der Waals surface area contributed by atoms with Gasteiger partial charge in [0.2, 0.25) is 5.92 Å². The highest BCUT2D eigenvalue weighted by atomic mass is 19.3. The second kappa shape index (κ2) is 2.64. The van der Waals surface area contributed by atoms with Gasteiger partial charge in [-0.05, 0) is 6.42 Å². The Morgan fingerprint density at radius 2 is 2.27 bits per heavy atom. The molecular formula is C6H9F2NO2. The molecular weight excluding hydrogens is 156 g/mol. The molecule has 1 atom stereocenters. The van der Waals surface area contributed by atoms with Crippen molar-refractivity contribution in [1.29, 1.82) is 0 Å². The molecule has 3 nitrogen and oxygen atoms in total. The minimum atomic E-state index is -2.67. The van der Waals surface area contributed by atoms with Gasteiger partial charge in [0.05, 0.1) is 0 Å². The Morgan fingerprint density at radius 3 is 2.64 bits per heavy atom. The van der Waals surface area contributed by atoms with Crippen molar-refractivity contribution in [1.82, 2.24) is 5.32 Å². The average molecular weight is 165 g/mol. The molecule has 0 spiro atoms. The van der Waals surface area contributed by atoms with Crippen molar-refractivity contribution in [2.45, 2.75) is 31.2 Å². The molecule has 0 heterocycles. The highest BCUT2D eigenvalue weighted by molar-refractivity contribution is 5.64. The second-order valence-corrected chi connectivity index (χ2v) is 2.75. The van der Waals surface area contributed by atoms with Crippen LogP contribution in [-0.2, 0) is 0 Å². The van der Waals surface area contributed by atoms with Gasteiger partial charge in [0, 0.05) is 18.9 Å². The molecule has 0 aromatic heterocycles. The standard InChI is InChI=1S/C6H9F2NO2/c7-6(8)2-1-4(3-6)9-5(10)11/h4,9H,1-3H2,(H,10,11). The van der Waals surface area contributed by atoms with Crippen molar-refractivity contribution >= 4 is 6.09 Å². The summed E-state index contributed by atoms with van der Waals surface area (Å²) in [5, 5.41) is 10.2. The number of rotatable bonds is 1. The first-order valence-corrected chi connectivity index (χ1v) is 3.37. The van der Waals surface area contributed by atoms with Gasteiger partial charge in [-0.1, -0.05) is 0 Å². The summed E-state index contributed by atoms with van der Waals surface area (Å²) < 4.78 is 24.8. The number of amides is 1. The van der Waals surface area contributed by atoms with Crippen molar-refractivity contribution in [3.05, 3.63) is 0 Å². The van der Waals surface area contributed by atoms with Gasteiger partial charge in [0.1, 0.15) is 0 Å². The third-order valence-electron chi connectivity index (χ3n) is 1.73. The largest absolute Gasteiger partial charge is 0.465 e. The minimum absolute atomic E-state index is 0.210. The lowest BCUT2D eigenvalue weighted by atomic mass is 10.2. The van der Waals surface area contributed by atoms with Crippen LogP contribution in [0.15, 0.2) is 0 Å². The van der Waals surface area contributed by atoms with Crippen LogP contribution in [0.1, 0.15) is 19.3 Å². The minimum Gasteiger partial charge on any atom is -0.465 e. The molecule has 1 aliphatic carbocycles. The van der Waals surface area contributed by atoms with Gasteiger partial charge in [0.25, 0.3) is 0 Å². The summed E-state index contributed by atoms with van der Waals surface area (Å²) in [6.07, 6.45) is -1.57. The fourth-order valence-corrected chi connectivity index (χ4v) is 1.25. The van der Waals surface area contributed by atoms with E-state index in [2.05, 4.69) is 0 Å². The van der Waals surface area contributed by atoms with Gasteiger partial charge in [-0.15, -0.1) is 0 Å². The average Bonchev–Trinajstić information content (AvgIpc) is 2.08. The molecule has 0 saturated heterocycles. The Hall–Kier alpha value is -0.870. The van der Waals surface area contributed by atoms with E-state index in [-0.39, 0.29) is 19.3 Å². The summed E-state index contributed by atoms with van der Waals surface area (Å²) in [6, 6.07) is -0.567. The maximum absolute atomic E-state index is 12.4. The van der Waals surface area contributed by atoms with Crippen LogP contribution >= 0.6 is 0 Å². The molecule has 1 amide bonds. The predicted molar refractivity (Wildman–Crippen MR) is 33.7 cm³/mol. The molecule has 0 aromatic rings. The maximum Gasteiger partial charge on any atom is 0.404 e. The number of carboxylic acid groups (broad SMARTS) is 1. The number of nitrogens with one attached hydrogen (secondary N) is 1. The summed E-state index contributed by atoms with van der Waals surface area (Å²) >= 11 is 0. The van der Waals surface area contributed by atoms with E-state index in [1.807, 2.05) is 5.32 Å². The zero-order valence-electron chi connectivity index (χ0n) is 5.81. The molecule has 64 valence electrons. The highest BCUT2D eigenvalue weighted by Gasteiger charge is 2.39. The zero-order valence-corrected chi connectivity index (χ0v) is 5.81. The van der Waals surface area contributed by atoms with Crippen molar-refractivity contribution < 1.29 is 18.7 Å². The molecule has 1 unspecified atom stereocenters. The third-order valence-corrected chi connectivity index (χ3v) is 1.73. The molecule has 0 aliphatic heterocycles. The molecule has 1 saturated carbocycles. The van der Waals surface area contributed by atoms with E-state index in [1.54, 1.807) is 0 Å². The van der Waals surface area contributed by atoms with Crippen molar-refractivity contribution in [2.24, 2.45) is 0 Å². The number of halogens is 2. The van der Waals surface area contributed by atoms with E-state index >= 15 is 0 Å².